The first-order valence-electron chi connectivity index (χ1n) is 6.21. The number of hydrogen-bond acceptors (Lipinski definition) is 2. The van der Waals surface area contributed by atoms with Crippen LogP contribution in [-0.4, -0.2) is 16.5 Å². The molecule has 3 nitrogen and oxygen atoms in total. The fourth-order valence-corrected chi connectivity index (χ4v) is 2.83. The van der Waals surface area contributed by atoms with Crippen molar-refractivity contribution in [1.82, 2.24) is 15.3 Å². The van der Waals surface area contributed by atoms with Crippen molar-refractivity contribution in [1.29, 1.82) is 0 Å². The predicted octanol–water partition coefficient (Wildman–Crippen LogP) is 3.93. The predicted molar refractivity (Wildman–Crippen MR) is 75.3 cm³/mol. The zero-order valence-electron chi connectivity index (χ0n) is 10.1. The molecule has 2 heterocycles. The van der Waals surface area contributed by atoms with E-state index in [0.717, 1.165) is 35.7 Å². The fourth-order valence-electron chi connectivity index (χ4n) is 2.51. The molecule has 2 N–H and O–H groups in total. The highest BCUT2D eigenvalue weighted by molar-refractivity contribution is 6.42. The maximum Gasteiger partial charge on any atom is 0.124 e. The largest absolute Gasteiger partial charge is 0.341 e. The molecule has 0 amide bonds. The summed E-state index contributed by atoms with van der Waals surface area (Å²) in [5, 5.41) is 4.60. The average molecular weight is 284 g/mol. The third-order valence-corrected chi connectivity index (χ3v) is 4.26. The normalized spacial score (nSPS) is 24.6. The summed E-state index contributed by atoms with van der Waals surface area (Å²) in [5.74, 6) is 1.71. The van der Waals surface area contributed by atoms with E-state index in [0.29, 0.717) is 16.1 Å². The Morgan fingerprint density at radius 1 is 1.28 bits per heavy atom. The summed E-state index contributed by atoms with van der Waals surface area (Å²) in [5.41, 5.74) is 1.82. The first-order chi connectivity index (χ1) is 8.63. The maximum atomic E-state index is 6.01. The SMILES string of the molecule is CC1CCNC(c2nc3cc(Cl)c(Cl)cc3[nH]2)C1. The Kier molecular flexibility index (Phi) is 3.22. The van der Waals surface area contributed by atoms with Crippen LogP contribution in [0.15, 0.2) is 12.1 Å². The van der Waals surface area contributed by atoms with Gasteiger partial charge >= 0.3 is 0 Å². The molecule has 5 heteroatoms. The van der Waals surface area contributed by atoms with E-state index in [4.69, 9.17) is 23.2 Å². The number of rotatable bonds is 1. The summed E-state index contributed by atoms with van der Waals surface area (Å²) in [4.78, 5) is 7.95. The van der Waals surface area contributed by atoms with Crippen molar-refractivity contribution in [3.8, 4) is 0 Å². The van der Waals surface area contributed by atoms with Gasteiger partial charge in [0.25, 0.3) is 0 Å². The minimum atomic E-state index is 0.304. The number of benzene rings is 1. The number of H-pyrrole nitrogens is 1. The maximum absolute atomic E-state index is 6.01. The van der Waals surface area contributed by atoms with Crippen molar-refractivity contribution in [2.75, 3.05) is 6.54 Å². The molecule has 1 aromatic heterocycles. The number of halogens is 2. The molecule has 0 bridgehead atoms. The number of aromatic nitrogens is 2. The van der Waals surface area contributed by atoms with E-state index >= 15 is 0 Å². The minimum absolute atomic E-state index is 0.304. The fraction of sp³-hybridized carbons (Fsp3) is 0.462. The van der Waals surface area contributed by atoms with Gasteiger partial charge < -0.3 is 10.3 Å². The number of fused-ring (bicyclic) bond motifs is 1. The van der Waals surface area contributed by atoms with Gasteiger partial charge in [0, 0.05) is 0 Å². The third-order valence-electron chi connectivity index (χ3n) is 3.54. The molecule has 0 spiro atoms. The number of nitrogens with zero attached hydrogens (tertiary/aromatic N) is 1. The third kappa shape index (κ3) is 2.22. The summed E-state index contributed by atoms with van der Waals surface area (Å²) < 4.78 is 0. The molecule has 3 rings (SSSR count). The Hall–Kier alpha value is -0.770. The first-order valence-corrected chi connectivity index (χ1v) is 6.97. The summed E-state index contributed by atoms with van der Waals surface area (Å²) in [7, 11) is 0. The number of imidazole rings is 1. The van der Waals surface area contributed by atoms with Gasteiger partial charge in [0.15, 0.2) is 0 Å². The van der Waals surface area contributed by atoms with Crippen LogP contribution in [0.5, 0.6) is 0 Å². The van der Waals surface area contributed by atoms with E-state index in [2.05, 4.69) is 22.2 Å². The Labute approximate surface area is 116 Å². The van der Waals surface area contributed by atoms with Crippen LogP contribution in [0.3, 0.4) is 0 Å². The van der Waals surface area contributed by atoms with E-state index < -0.39 is 0 Å². The van der Waals surface area contributed by atoms with Crippen molar-refractivity contribution in [2.24, 2.45) is 5.92 Å². The van der Waals surface area contributed by atoms with Crippen molar-refractivity contribution < 1.29 is 0 Å². The van der Waals surface area contributed by atoms with Crippen molar-refractivity contribution in [3.05, 3.63) is 28.0 Å². The highest BCUT2D eigenvalue weighted by atomic mass is 35.5. The highest BCUT2D eigenvalue weighted by Gasteiger charge is 2.22. The summed E-state index contributed by atoms with van der Waals surface area (Å²) in [6.45, 7) is 3.33. The first kappa shape index (κ1) is 12.3. The van der Waals surface area contributed by atoms with Crippen LogP contribution in [0.1, 0.15) is 31.6 Å². The second-order valence-corrected chi connectivity index (χ2v) is 5.86. The Morgan fingerprint density at radius 2 is 2.06 bits per heavy atom. The lowest BCUT2D eigenvalue weighted by atomic mass is 9.94. The van der Waals surface area contributed by atoms with E-state index in [1.165, 1.54) is 6.42 Å². The van der Waals surface area contributed by atoms with Crippen molar-refractivity contribution in [2.45, 2.75) is 25.8 Å². The van der Waals surface area contributed by atoms with Gasteiger partial charge in [-0.1, -0.05) is 30.1 Å². The minimum Gasteiger partial charge on any atom is -0.341 e. The molecule has 1 saturated heterocycles. The standard InChI is InChI=1S/C13H15Cl2N3/c1-7-2-3-16-12(4-7)13-17-10-5-8(14)9(15)6-11(10)18-13/h5-7,12,16H,2-4H2,1H3,(H,17,18). The zero-order valence-corrected chi connectivity index (χ0v) is 11.6. The number of piperidine rings is 1. The van der Waals surface area contributed by atoms with Crippen LogP contribution in [0, 0.1) is 5.92 Å². The number of nitrogens with one attached hydrogen (secondary N) is 2. The molecule has 0 aliphatic carbocycles. The molecule has 2 unspecified atom stereocenters. The van der Waals surface area contributed by atoms with Gasteiger partial charge in [-0.3, -0.25) is 0 Å². The van der Waals surface area contributed by atoms with E-state index in [-0.39, 0.29) is 0 Å². The van der Waals surface area contributed by atoms with Gasteiger partial charge in [0.05, 0.1) is 27.1 Å². The van der Waals surface area contributed by atoms with Crippen molar-refractivity contribution >= 4 is 34.2 Å². The van der Waals surface area contributed by atoms with Crippen LogP contribution >= 0.6 is 23.2 Å². The smallest absolute Gasteiger partial charge is 0.124 e. The Balaban J connectivity index is 1.97. The van der Waals surface area contributed by atoms with Gasteiger partial charge in [0.1, 0.15) is 5.82 Å². The molecule has 2 aromatic rings. The summed E-state index contributed by atoms with van der Waals surface area (Å²) in [6.07, 6.45) is 2.34. The number of aromatic amines is 1. The van der Waals surface area contributed by atoms with Crippen molar-refractivity contribution in [3.63, 3.8) is 0 Å². The molecule has 0 saturated carbocycles. The molecule has 1 fully saturated rings. The van der Waals surface area contributed by atoms with Gasteiger partial charge in [0.2, 0.25) is 0 Å². The molecule has 2 atom stereocenters. The molecule has 1 aromatic carbocycles. The van der Waals surface area contributed by atoms with E-state index in [1.54, 1.807) is 0 Å². The Bertz CT molecular complexity index is 540. The van der Waals surface area contributed by atoms with Gasteiger partial charge in [-0.25, -0.2) is 4.98 Å². The van der Waals surface area contributed by atoms with E-state index in [9.17, 15) is 0 Å². The van der Waals surface area contributed by atoms with Crippen LogP contribution < -0.4 is 5.32 Å². The van der Waals surface area contributed by atoms with E-state index in [1.807, 2.05) is 12.1 Å². The zero-order chi connectivity index (χ0) is 12.7. The summed E-state index contributed by atoms with van der Waals surface area (Å²) in [6, 6.07) is 3.95. The van der Waals surface area contributed by atoms with Gasteiger partial charge in [-0.05, 0) is 37.4 Å². The van der Waals surface area contributed by atoms with Crippen LogP contribution in [0.2, 0.25) is 10.0 Å². The average Bonchev–Trinajstić information content (AvgIpc) is 2.73. The highest BCUT2D eigenvalue weighted by Crippen LogP contribution is 2.30. The lowest BCUT2D eigenvalue weighted by Gasteiger charge is -2.26. The molecule has 1 aliphatic rings. The second-order valence-electron chi connectivity index (χ2n) is 5.04. The van der Waals surface area contributed by atoms with Gasteiger partial charge in [-0.15, -0.1) is 0 Å². The molecule has 0 radical (unpaired) electrons. The lowest BCUT2D eigenvalue weighted by Crippen LogP contribution is -2.31. The molecule has 1 aliphatic heterocycles. The second kappa shape index (κ2) is 4.72. The molecular weight excluding hydrogens is 269 g/mol. The van der Waals surface area contributed by atoms with Crippen LogP contribution in [0.4, 0.5) is 0 Å². The van der Waals surface area contributed by atoms with Crippen LogP contribution in [-0.2, 0) is 0 Å². The summed E-state index contributed by atoms with van der Waals surface area (Å²) >= 11 is 12.0. The quantitative estimate of drug-likeness (QED) is 0.833. The van der Waals surface area contributed by atoms with Gasteiger partial charge in [-0.2, -0.15) is 0 Å². The molecule has 18 heavy (non-hydrogen) atoms. The van der Waals surface area contributed by atoms with Crippen LogP contribution in [0.25, 0.3) is 11.0 Å². The topological polar surface area (TPSA) is 40.7 Å². The molecule has 96 valence electrons. The Morgan fingerprint density at radius 3 is 2.83 bits per heavy atom. The monoisotopic (exact) mass is 283 g/mol. The number of hydrogen-bond donors (Lipinski definition) is 2. The lowest BCUT2D eigenvalue weighted by molar-refractivity contribution is 0.317. The molecular formula is C13H15Cl2N3.